The summed E-state index contributed by atoms with van der Waals surface area (Å²) in [5.41, 5.74) is -0.318. The van der Waals surface area contributed by atoms with Crippen molar-refractivity contribution in [2.45, 2.75) is 25.8 Å². The summed E-state index contributed by atoms with van der Waals surface area (Å²) in [5.74, 6) is 0. The molecule has 1 radical (unpaired) electrons. The molecule has 2 nitrogen and oxygen atoms in total. The van der Waals surface area contributed by atoms with Gasteiger partial charge in [0.05, 0.1) is 5.54 Å². The Labute approximate surface area is 49.6 Å². The van der Waals surface area contributed by atoms with Gasteiger partial charge in [-0.25, -0.2) is 4.79 Å². The summed E-state index contributed by atoms with van der Waals surface area (Å²) in [4.78, 5) is 13.2. The average Bonchev–Trinajstić information content (AvgIpc) is 1.67. The molecule has 0 saturated carbocycles. The van der Waals surface area contributed by atoms with Gasteiger partial charge in [-0.2, -0.15) is 4.99 Å². The van der Waals surface area contributed by atoms with E-state index in [1.807, 2.05) is 13.8 Å². The monoisotopic (exact) mass is 112 g/mol. The number of nitrogens with zero attached hydrogens (tertiary/aromatic N) is 1. The molecule has 0 N–H and O–H groups in total. The third kappa shape index (κ3) is 2.54. The zero-order chi connectivity index (χ0) is 6.62. The summed E-state index contributed by atoms with van der Waals surface area (Å²) in [6, 6.07) is 0. The number of aliphatic imine (C=N–C) groups is 1. The lowest BCUT2D eigenvalue weighted by molar-refractivity contribution is 0.507. The quantitative estimate of drug-likeness (QED) is 0.391. The Morgan fingerprint density at radius 1 is 1.75 bits per heavy atom. The molecule has 0 atom stereocenters. The number of rotatable bonds is 2. The molecule has 8 heavy (non-hydrogen) atoms. The summed E-state index contributed by atoms with van der Waals surface area (Å²) in [6.45, 7) is 7.28. The second kappa shape index (κ2) is 2.63. The minimum absolute atomic E-state index is 0.318. The van der Waals surface area contributed by atoms with Gasteiger partial charge in [-0.3, -0.25) is 0 Å². The molecule has 0 spiro atoms. The molecule has 0 amide bonds. The highest BCUT2D eigenvalue weighted by molar-refractivity contribution is 5.34. The SMILES string of the molecule is [CH2]CC(C)(C)N=C=O. The first kappa shape index (κ1) is 7.38. The van der Waals surface area contributed by atoms with Crippen LogP contribution in [0.2, 0.25) is 0 Å². The van der Waals surface area contributed by atoms with Crippen LogP contribution in [-0.4, -0.2) is 11.6 Å². The van der Waals surface area contributed by atoms with Crippen LogP contribution in [0.4, 0.5) is 0 Å². The molecule has 0 saturated heterocycles. The normalized spacial score (nSPS) is 10.4. The predicted molar refractivity (Wildman–Crippen MR) is 32.2 cm³/mol. The van der Waals surface area contributed by atoms with Gasteiger partial charge in [-0.05, 0) is 20.3 Å². The topological polar surface area (TPSA) is 29.4 Å². The van der Waals surface area contributed by atoms with Gasteiger partial charge in [0.2, 0.25) is 6.08 Å². The van der Waals surface area contributed by atoms with Crippen molar-refractivity contribution in [1.82, 2.24) is 0 Å². The van der Waals surface area contributed by atoms with Crippen LogP contribution in [0.5, 0.6) is 0 Å². The van der Waals surface area contributed by atoms with Gasteiger partial charge in [-0.1, -0.05) is 6.92 Å². The number of isocyanates is 1. The second-order valence-corrected chi connectivity index (χ2v) is 2.27. The third-order valence-electron chi connectivity index (χ3n) is 0.960. The molecule has 0 unspecified atom stereocenters. The molecule has 45 valence electrons. The van der Waals surface area contributed by atoms with E-state index in [-0.39, 0.29) is 5.54 Å². The number of carbonyl (C=O) groups excluding carboxylic acids is 1. The van der Waals surface area contributed by atoms with E-state index in [1.54, 1.807) is 0 Å². The molecule has 0 bridgehead atoms. The molecule has 0 rings (SSSR count). The minimum Gasteiger partial charge on any atom is -0.211 e. The molecule has 0 fully saturated rings. The van der Waals surface area contributed by atoms with Gasteiger partial charge < -0.3 is 0 Å². The van der Waals surface area contributed by atoms with Crippen molar-refractivity contribution in [3.8, 4) is 0 Å². The van der Waals surface area contributed by atoms with Gasteiger partial charge in [0, 0.05) is 0 Å². The van der Waals surface area contributed by atoms with Crippen LogP contribution in [-0.2, 0) is 4.79 Å². The van der Waals surface area contributed by atoms with Crippen LogP contribution in [0, 0.1) is 6.92 Å². The molecule has 0 aliphatic carbocycles. The van der Waals surface area contributed by atoms with Crippen LogP contribution in [0.25, 0.3) is 0 Å². The second-order valence-electron chi connectivity index (χ2n) is 2.27. The van der Waals surface area contributed by atoms with Crippen LogP contribution >= 0.6 is 0 Å². The van der Waals surface area contributed by atoms with Gasteiger partial charge in [0.15, 0.2) is 0 Å². The summed E-state index contributed by atoms with van der Waals surface area (Å²) in [7, 11) is 0. The summed E-state index contributed by atoms with van der Waals surface area (Å²) in [6.07, 6.45) is 2.12. The smallest absolute Gasteiger partial charge is 0.211 e. The number of hydrogen-bond acceptors (Lipinski definition) is 2. The van der Waals surface area contributed by atoms with E-state index in [9.17, 15) is 4.79 Å². The van der Waals surface area contributed by atoms with Crippen LogP contribution < -0.4 is 0 Å². The maximum atomic E-state index is 9.66. The highest BCUT2D eigenvalue weighted by Gasteiger charge is 2.11. The zero-order valence-corrected chi connectivity index (χ0v) is 5.27. The van der Waals surface area contributed by atoms with Crippen molar-refractivity contribution in [3.05, 3.63) is 6.92 Å². The first-order valence-electron chi connectivity index (χ1n) is 2.50. The lowest BCUT2D eigenvalue weighted by atomic mass is 10.0. The van der Waals surface area contributed by atoms with E-state index < -0.39 is 0 Å². The Balaban J connectivity index is 3.90. The van der Waals surface area contributed by atoms with E-state index in [2.05, 4.69) is 11.9 Å². The standard InChI is InChI=1S/C6H10NO/c1-4-6(2,3)7-5-8/h1,4H2,2-3H3. The van der Waals surface area contributed by atoms with Crippen LogP contribution in [0.15, 0.2) is 4.99 Å². The molecule has 0 aromatic carbocycles. The molecule has 0 aromatic heterocycles. The van der Waals surface area contributed by atoms with Crippen molar-refractivity contribution in [3.63, 3.8) is 0 Å². The molecule has 2 heteroatoms. The highest BCUT2D eigenvalue weighted by Crippen LogP contribution is 2.10. The molecule has 0 aliphatic heterocycles. The lowest BCUT2D eigenvalue weighted by Crippen LogP contribution is -2.13. The summed E-state index contributed by atoms with van der Waals surface area (Å²) >= 11 is 0. The fourth-order valence-corrected chi connectivity index (χ4v) is 0.179. The highest BCUT2D eigenvalue weighted by atomic mass is 16.1. The van der Waals surface area contributed by atoms with Gasteiger partial charge in [-0.15, -0.1) is 0 Å². The van der Waals surface area contributed by atoms with Crippen molar-refractivity contribution in [2.24, 2.45) is 4.99 Å². The zero-order valence-electron chi connectivity index (χ0n) is 5.27. The Morgan fingerprint density at radius 2 is 2.25 bits per heavy atom. The van der Waals surface area contributed by atoms with Crippen molar-refractivity contribution in [1.29, 1.82) is 0 Å². The first-order valence-corrected chi connectivity index (χ1v) is 2.50. The van der Waals surface area contributed by atoms with Gasteiger partial charge in [0.1, 0.15) is 0 Å². The molecule has 0 heterocycles. The largest absolute Gasteiger partial charge is 0.235 e. The maximum absolute atomic E-state index is 9.66. The van der Waals surface area contributed by atoms with E-state index in [0.29, 0.717) is 6.42 Å². The average molecular weight is 112 g/mol. The number of hydrogen-bond donors (Lipinski definition) is 0. The maximum Gasteiger partial charge on any atom is 0.235 e. The van der Waals surface area contributed by atoms with Gasteiger partial charge in [0.25, 0.3) is 0 Å². The lowest BCUT2D eigenvalue weighted by Gasteiger charge is -2.11. The third-order valence-corrected chi connectivity index (χ3v) is 0.960. The van der Waals surface area contributed by atoms with Crippen molar-refractivity contribution >= 4 is 6.08 Å². The van der Waals surface area contributed by atoms with Crippen LogP contribution in [0.3, 0.4) is 0 Å². The van der Waals surface area contributed by atoms with E-state index >= 15 is 0 Å². The fourth-order valence-electron chi connectivity index (χ4n) is 0.179. The van der Waals surface area contributed by atoms with E-state index in [4.69, 9.17) is 0 Å². The van der Waals surface area contributed by atoms with Crippen molar-refractivity contribution in [2.75, 3.05) is 0 Å². The van der Waals surface area contributed by atoms with Gasteiger partial charge >= 0.3 is 0 Å². The van der Waals surface area contributed by atoms with Crippen LogP contribution in [0.1, 0.15) is 20.3 Å². The fraction of sp³-hybridized carbons (Fsp3) is 0.667. The Kier molecular flexibility index (Phi) is 2.43. The predicted octanol–water partition coefficient (Wildman–Crippen LogP) is 1.32. The molecular weight excluding hydrogens is 102 g/mol. The Morgan fingerprint density at radius 3 is 2.38 bits per heavy atom. The Bertz CT molecular complexity index is 112. The first-order chi connectivity index (χ1) is 3.62. The molecule has 0 aliphatic rings. The van der Waals surface area contributed by atoms with E-state index in [1.165, 1.54) is 6.08 Å². The summed E-state index contributed by atoms with van der Waals surface area (Å²) < 4.78 is 0. The Hall–Kier alpha value is -0.620. The molecule has 0 aromatic rings. The molecular formula is C6H10NO. The van der Waals surface area contributed by atoms with Crippen molar-refractivity contribution < 1.29 is 4.79 Å². The summed E-state index contributed by atoms with van der Waals surface area (Å²) in [5, 5.41) is 0. The minimum atomic E-state index is -0.318. The van der Waals surface area contributed by atoms with E-state index in [0.717, 1.165) is 0 Å².